The monoisotopic (exact) mass is 417 g/mol. The quantitative estimate of drug-likeness (QED) is 0.497. The molecule has 1 aliphatic rings. The minimum Gasteiger partial charge on any atom is -0.464 e. The minimum atomic E-state index is -0.970. The molecule has 1 saturated heterocycles. The van der Waals surface area contributed by atoms with Crippen molar-refractivity contribution in [1.29, 1.82) is 0 Å². The number of hydrogen-bond acceptors (Lipinski definition) is 7. The number of furan rings is 1. The summed E-state index contributed by atoms with van der Waals surface area (Å²) in [7, 11) is 0. The fourth-order valence-electron chi connectivity index (χ4n) is 2.50. The van der Waals surface area contributed by atoms with Crippen molar-refractivity contribution in [3.8, 4) is 0 Å². The Morgan fingerprint density at radius 3 is 2.64 bits per heavy atom. The number of aryl methyl sites for hydroxylation is 1. The van der Waals surface area contributed by atoms with Gasteiger partial charge in [0.15, 0.2) is 5.09 Å². The van der Waals surface area contributed by atoms with Crippen LogP contribution < -0.4 is 0 Å². The molecule has 2 aromatic rings. The van der Waals surface area contributed by atoms with E-state index in [2.05, 4.69) is 0 Å². The van der Waals surface area contributed by atoms with Crippen molar-refractivity contribution < 1.29 is 23.5 Å². The van der Waals surface area contributed by atoms with Gasteiger partial charge >= 0.3 is 5.97 Å². The maximum absolute atomic E-state index is 12.6. The van der Waals surface area contributed by atoms with Crippen molar-refractivity contribution in [2.75, 3.05) is 6.61 Å². The number of thioether (sulfide) groups is 1. The highest BCUT2D eigenvalue weighted by Gasteiger charge is 2.41. The molecule has 0 spiro atoms. The summed E-state index contributed by atoms with van der Waals surface area (Å²) in [6, 6.07) is 10.6. The normalized spacial score (nSPS) is 16.7. The summed E-state index contributed by atoms with van der Waals surface area (Å²) in [5, 5.41) is 0.173. The van der Waals surface area contributed by atoms with Crippen molar-refractivity contribution in [3.05, 3.63) is 52.6 Å². The number of rotatable bonds is 6. The molecule has 0 bridgehead atoms. The Labute approximate surface area is 171 Å². The lowest BCUT2D eigenvalue weighted by Gasteiger charge is -2.19. The molecule has 1 aliphatic heterocycles. The Bertz CT molecular complexity index is 932. The number of carbonyl (C=O) groups excluding carboxylic acids is 3. The predicted molar refractivity (Wildman–Crippen MR) is 108 cm³/mol. The van der Waals surface area contributed by atoms with Crippen molar-refractivity contribution in [3.63, 3.8) is 0 Å². The highest BCUT2D eigenvalue weighted by molar-refractivity contribution is 8.18. The molecule has 146 valence electrons. The molecule has 6 nitrogen and oxygen atoms in total. The Kier molecular flexibility index (Phi) is 6.31. The minimum absolute atomic E-state index is 0.184. The summed E-state index contributed by atoms with van der Waals surface area (Å²) in [5.74, 6) is -0.676. The van der Waals surface area contributed by atoms with E-state index in [4.69, 9.17) is 9.15 Å². The molecule has 0 saturated carbocycles. The van der Waals surface area contributed by atoms with E-state index in [9.17, 15) is 14.4 Å². The first kappa shape index (κ1) is 20.3. The number of carbonyl (C=O) groups is 3. The molecular weight excluding hydrogens is 398 g/mol. The van der Waals surface area contributed by atoms with Crippen LogP contribution in [0.2, 0.25) is 0 Å². The van der Waals surface area contributed by atoms with Crippen molar-refractivity contribution in [1.82, 2.24) is 4.90 Å². The van der Waals surface area contributed by atoms with E-state index >= 15 is 0 Å². The molecular formula is C20H19NO5S2. The number of hydrogen-bond donors (Lipinski definition) is 0. The summed E-state index contributed by atoms with van der Waals surface area (Å²) in [6.45, 7) is 5.35. The van der Waals surface area contributed by atoms with Crippen LogP contribution >= 0.6 is 23.5 Å². The molecule has 2 heterocycles. The van der Waals surface area contributed by atoms with Crippen LogP contribution in [-0.2, 0) is 14.3 Å². The highest BCUT2D eigenvalue weighted by Crippen LogP contribution is 2.35. The summed E-state index contributed by atoms with van der Waals surface area (Å²) in [5.41, 5.74) is 1.18. The van der Waals surface area contributed by atoms with Crippen LogP contribution in [0.5, 0.6) is 0 Å². The largest absolute Gasteiger partial charge is 0.464 e. The second-order valence-corrected chi connectivity index (χ2v) is 8.12. The van der Waals surface area contributed by atoms with Crippen LogP contribution in [0.25, 0.3) is 6.08 Å². The van der Waals surface area contributed by atoms with Gasteiger partial charge in [0.05, 0.1) is 11.5 Å². The lowest BCUT2D eigenvalue weighted by Crippen LogP contribution is -2.42. The standard InChI is InChI=1S/C20H19NO5S2/c1-4-25-19(23)13(3)21-18(22)16(28-20(21)24)11-14-7-10-17(26-14)27-15-8-5-12(2)6-9-15/h5-11,13H,4H2,1-3H3/b16-11+/t13-/m1/s1. The van der Waals surface area contributed by atoms with Gasteiger partial charge in [0.2, 0.25) is 0 Å². The van der Waals surface area contributed by atoms with Crippen LogP contribution in [0.4, 0.5) is 4.79 Å². The smallest absolute Gasteiger partial charge is 0.329 e. The Hall–Kier alpha value is -2.45. The zero-order chi connectivity index (χ0) is 20.3. The maximum atomic E-state index is 12.6. The number of benzene rings is 1. The average molecular weight is 418 g/mol. The fraction of sp³-hybridized carbons (Fsp3) is 0.250. The lowest BCUT2D eigenvalue weighted by molar-refractivity contribution is -0.150. The average Bonchev–Trinajstić information content (AvgIpc) is 3.21. The molecule has 1 aromatic heterocycles. The van der Waals surface area contributed by atoms with E-state index in [0.717, 1.165) is 21.6 Å². The Morgan fingerprint density at radius 1 is 1.25 bits per heavy atom. The molecule has 1 atom stereocenters. The maximum Gasteiger partial charge on any atom is 0.329 e. The van der Waals surface area contributed by atoms with Crippen LogP contribution in [0.15, 0.2) is 55.7 Å². The molecule has 8 heteroatoms. The second-order valence-electron chi connectivity index (χ2n) is 6.05. The van der Waals surface area contributed by atoms with Gasteiger partial charge in [-0.25, -0.2) is 4.79 Å². The molecule has 0 aliphatic carbocycles. The molecule has 3 rings (SSSR count). The topological polar surface area (TPSA) is 76.8 Å². The van der Waals surface area contributed by atoms with Gasteiger partial charge in [-0.1, -0.05) is 29.5 Å². The van der Waals surface area contributed by atoms with Gasteiger partial charge in [0, 0.05) is 11.0 Å². The number of amides is 2. The van der Waals surface area contributed by atoms with Gasteiger partial charge in [-0.05, 0) is 56.8 Å². The predicted octanol–water partition coefficient (Wildman–Crippen LogP) is 4.73. The first-order valence-electron chi connectivity index (χ1n) is 8.67. The first-order valence-corrected chi connectivity index (χ1v) is 10.3. The van der Waals surface area contributed by atoms with Gasteiger partial charge in [0.1, 0.15) is 11.8 Å². The second kappa shape index (κ2) is 8.70. The third kappa shape index (κ3) is 4.51. The van der Waals surface area contributed by atoms with Crippen molar-refractivity contribution in [2.45, 2.75) is 36.8 Å². The van der Waals surface area contributed by atoms with E-state index in [0.29, 0.717) is 10.9 Å². The zero-order valence-corrected chi connectivity index (χ0v) is 17.3. The third-order valence-electron chi connectivity index (χ3n) is 3.95. The van der Waals surface area contributed by atoms with Gasteiger partial charge in [-0.15, -0.1) is 0 Å². The number of esters is 1. The number of imide groups is 1. The number of nitrogens with zero attached hydrogens (tertiary/aromatic N) is 1. The van der Waals surface area contributed by atoms with E-state index in [1.165, 1.54) is 30.3 Å². The van der Waals surface area contributed by atoms with Crippen LogP contribution in [-0.4, -0.2) is 34.7 Å². The number of ether oxygens (including phenoxy) is 1. The van der Waals surface area contributed by atoms with E-state index in [1.54, 1.807) is 13.0 Å². The summed E-state index contributed by atoms with van der Waals surface area (Å²) < 4.78 is 10.6. The van der Waals surface area contributed by atoms with Crippen molar-refractivity contribution in [2.24, 2.45) is 0 Å². The first-order chi connectivity index (χ1) is 13.4. The van der Waals surface area contributed by atoms with Gasteiger partial charge in [-0.3, -0.25) is 14.5 Å². The summed E-state index contributed by atoms with van der Waals surface area (Å²) >= 11 is 2.24. The highest BCUT2D eigenvalue weighted by atomic mass is 32.2. The molecule has 2 amide bonds. The van der Waals surface area contributed by atoms with Gasteiger partial charge in [-0.2, -0.15) is 0 Å². The zero-order valence-electron chi connectivity index (χ0n) is 15.6. The van der Waals surface area contributed by atoms with Gasteiger partial charge < -0.3 is 9.15 Å². The summed E-state index contributed by atoms with van der Waals surface area (Å²) in [6.07, 6.45) is 1.52. The fourth-order valence-corrected chi connectivity index (χ4v) is 4.17. The third-order valence-corrected chi connectivity index (χ3v) is 5.77. The van der Waals surface area contributed by atoms with Crippen LogP contribution in [0, 0.1) is 6.92 Å². The Morgan fingerprint density at radius 2 is 1.96 bits per heavy atom. The SMILES string of the molecule is CCOC(=O)[C@@H](C)N1C(=O)S/C(=C/c2ccc(Sc3ccc(C)cc3)o2)C1=O. The van der Waals surface area contributed by atoms with Gasteiger partial charge in [0.25, 0.3) is 11.1 Å². The molecule has 0 N–H and O–H groups in total. The molecule has 1 aromatic carbocycles. The Balaban J connectivity index is 1.72. The van der Waals surface area contributed by atoms with Crippen LogP contribution in [0.3, 0.4) is 0 Å². The molecule has 0 unspecified atom stereocenters. The molecule has 1 fully saturated rings. The molecule has 28 heavy (non-hydrogen) atoms. The van der Waals surface area contributed by atoms with E-state index < -0.39 is 23.2 Å². The van der Waals surface area contributed by atoms with Crippen molar-refractivity contribution >= 4 is 46.7 Å². The summed E-state index contributed by atoms with van der Waals surface area (Å²) in [4.78, 5) is 38.8. The van der Waals surface area contributed by atoms with E-state index in [-0.39, 0.29) is 11.5 Å². The van der Waals surface area contributed by atoms with E-state index in [1.807, 2.05) is 37.3 Å². The lowest BCUT2D eigenvalue weighted by atomic mass is 10.2. The van der Waals surface area contributed by atoms with Crippen LogP contribution in [0.1, 0.15) is 25.2 Å². The molecule has 0 radical (unpaired) electrons.